The normalized spacial score (nSPS) is 10.2. The lowest BCUT2D eigenvalue weighted by atomic mass is 10.1. The first kappa shape index (κ1) is 17.8. The molecule has 1 amide bonds. The van der Waals surface area contributed by atoms with Gasteiger partial charge in [-0.3, -0.25) is 9.59 Å². The molecule has 0 fully saturated rings. The van der Waals surface area contributed by atoms with Gasteiger partial charge in [-0.25, -0.2) is 0 Å². The second kappa shape index (κ2) is 7.84. The Hall–Kier alpha value is -2.53. The molecule has 0 saturated carbocycles. The van der Waals surface area contributed by atoms with Gasteiger partial charge in [-0.2, -0.15) is 0 Å². The van der Waals surface area contributed by atoms with Crippen LogP contribution >= 0.6 is 11.6 Å². The van der Waals surface area contributed by atoms with Crippen molar-refractivity contribution in [1.29, 1.82) is 0 Å². The molecule has 2 aromatic carbocycles. The van der Waals surface area contributed by atoms with Crippen LogP contribution < -0.4 is 14.8 Å². The number of Topliss-reactive ketones (excluding diaryl/α,β-unsaturated/α-hetero) is 1. The molecule has 0 spiro atoms. The highest BCUT2D eigenvalue weighted by atomic mass is 35.5. The van der Waals surface area contributed by atoms with Crippen molar-refractivity contribution in [1.82, 2.24) is 0 Å². The summed E-state index contributed by atoms with van der Waals surface area (Å²) in [6.07, 6.45) is 0. The molecule has 6 heteroatoms. The number of hydrogen-bond donors (Lipinski definition) is 1. The number of hydrogen-bond acceptors (Lipinski definition) is 4. The van der Waals surface area contributed by atoms with Gasteiger partial charge in [0, 0.05) is 16.3 Å². The highest BCUT2D eigenvalue weighted by molar-refractivity contribution is 6.30. The Kier molecular flexibility index (Phi) is 5.82. The van der Waals surface area contributed by atoms with Crippen LogP contribution in [0.5, 0.6) is 11.5 Å². The number of ketones is 1. The molecule has 2 rings (SSSR count). The second-order valence-electron chi connectivity index (χ2n) is 5.22. The summed E-state index contributed by atoms with van der Waals surface area (Å²) in [4.78, 5) is 23.4. The molecular weight excluding hydrogens is 330 g/mol. The van der Waals surface area contributed by atoms with E-state index in [1.807, 2.05) is 6.92 Å². The molecule has 5 nitrogen and oxygen atoms in total. The van der Waals surface area contributed by atoms with Crippen LogP contribution in [0.15, 0.2) is 36.4 Å². The summed E-state index contributed by atoms with van der Waals surface area (Å²) in [5.74, 6) is 0.414. The van der Waals surface area contributed by atoms with Gasteiger partial charge >= 0.3 is 0 Å². The molecule has 0 aliphatic heterocycles. The SMILES string of the molecule is COc1cc(C(C)=O)ccc1OCC(=O)Nc1ccc(Cl)cc1C. The van der Waals surface area contributed by atoms with Gasteiger partial charge in [0.25, 0.3) is 5.91 Å². The molecule has 0 bridgehead atoms. The maximum atomic E-state index is 12.0. The van der Waals surface area contributed by atoms with Crippen LogP contribution in [0.1, 0.15) is 22.8 Å². The van der Waals surface area contributed by atoms with E-state index in [0.717, 1.165) is 5.56 Å². The zero-order valence-electron chi connectivity index (χ0n) is 13.7. The molecule has 0 heterocycles. The van der Waals surface area contributed by atoms with Crippen LogP contribution in [0, 0.1) is 6.92 Å². The average Bonchev–Trinajstić information content (AvgIpc) is 2.55. The van der Waals surface area contributed by atoms with Gasteiger partial charge in [-0.15, -0.1) is 0 Å². The third-order valence-electron chi connectivity index (χ3n) is 3.39. The van der Waals surface area contributed by atoms with Crippen molar-refractivity contribution in [3.8, 4) is 11.5 Å². The Balaban J connectivity index is 2.02. The van der Waals surface area contributed by atoms with Crippen molar-refractivity contribution in [3.63, 3.8) is 0 Å². The van der Waals surface area contributed by atoms with Crippen LogP contribution in [0.4, 0.5) is 5.69 Å². The Bertz CT molecular complexity index is 774. The largest absolute Gasteiger partial charge is 0.493 e. The van der Waals surface area contributed by atoms with Crippen molar-refractivity contribution in [2.75, 3.05) is 19.0 Å². The molecule has 2 aromatic rings. The summed E-state index contributed by atoms with van der Waals surface area (Å²) in [6, 6.07) is 10.0. The number of carbonyl (C=O) groups excluding carboxylic acids is 2. The molecule has 0 aliphatic carbocycles. The molecule has 0 radical (unpaired) electrons. The van der Waals surface area contributed by atoms with Gasteiger partial charge in [0.15, 0.2) is 23.9 Å². The smallest absolute Gasteiger partial charge is 0.262 e. The lowest BCUT2D eigenvalue weighted by molar-refractivity contribution is -0.118. The quantitative estimate of drug-likeness (QED) is 0.805. The number of nitrogens with one attached hydrogen (secondary N) is 1. The summed E-state index contributed by atoms with van der Waals surface area (Å²) in [6.45, 7) is 3.14. The van der Waals surface area contributed by atoms with E-state index in [-0.39, 0.29) is 18.3 Å². The molecule has 1 N–H and O–H groups in total. The second-order valence-corrected chi connectivity index (χ2v) is 5.65. The number of rotatable bonds is 6. The van der Waals surface area contributed by atoms with Crippen LogP contribution in [0.3, 0.4) is 0 Å². The van der Waals surface area contributed by atoms with Crippen molar-refractivity contribution < 1.29 is 19.1 Å². The maximum Gasteiger partial charge on any atom is 0.262 e. The van der Waals surface area contributed by atoms with E-state index < -0.39 is 0 Å². The van der Waals surface area contributed by atoms with Gasteiger partial charge in [0.05, 0.1) is 7.11 Å². The van der Waals surface area contributed by atoms with Crippen LogP contribution in [0.25, 0.3) is 0 Å². The molecule has 24 heavy (non-hydrogen) atoms. The van der Waals surface area contributed by atoms with Crippen molar-refractivity contribution >= 4 is 29.0 Å². The predicted octanol–water partition coefficient (Wildman–Crippen LogP) is 3.88. The van der Waals surface area contributed by atoms with E-state index >= 15 is 0 Å². The summed E-state index contributed by atoms with van der Waals surface area (Å²) in [5, 5.41) is 3.37. The Morgan fingerprint density at radius 2 is 1.88 bits per heavy atom. The number of aryl methyl sites for hydroxylation is 1. The van der Waals surface area contributed by atoms with Gasteiger partial charge in [-0.1, -0.05) is 11.6 Å². The zero-order chi connectivity index (χ0) is 17.7. The van der Waals surface area contributed by atoms with Crippen LogP contribution in [-0.4, -0.2) is 25.4 Å². The highest BCUT2D eigenvalue weighted by Gasteiger charge is 2.11. The van der Waals surface area contributed by atoms with E-state index in [2.05, 4.69) is 5.32 Å². The third-order valence-corrected chi connectivity index (χ3v) is 3.63. The van der Waals surface area contributed by atoms with E-state index in [1.54, 1.807) is 36.4 Å². The topological polar surface area (TPSA) is 64.6 Å². The Morgan fingerprint density at radius 3 is 2.50 bits per heavy atom. The fourth-order valence-corrected chi connectivity index (χ4v) is 2.33. The third kappa shape index (κ3) is 4.49. The van der Waals surface area contributed by atoms with Gasteiger partial charge in [0.2, 0.25) is 0 Å². The lowest BCUT2D eigenvalue weighted by Gasteiger charge is -2.12. The molecule has 0 aliphatic rings. The molecule has 0 atom stereocenters. The number of anilines is 1. The van der Waals surface area contributed by atoms with Crippen molar-refractivity contribution in [2.45, 2.75) is 13.8 Å². The highest BCUT2D eigenvalue weighted by Crippen LogP contribution is 2.28. The Labute approximate surface area is 145 Å². The molecule has 126 valence electrons. The first-order valence-corrected chi connectivity index (χ1v) is 7.66. The van der Waals surface area contributed by atoms with Gasteiger partial charge in [-0.05, 0) is 55.8 Å². The first-order chi connectivity index (χ1) is 11.4. The molecule has 0 unspecified atom stereocenters. The summed E-state index contributed by atoms with van der Waals surface area (Å²) < 4.78 is 10.7. The van der Waals surface area contributed by atoms with Crippen molar-refractivity contribution in [3.05, 3.63) is 52.5 Å². The van der Waals surface area contributed by atoms with Crippen LogP contribution in [0.2, 0.25) is 5.02 Å². The Morgan fingerprint density at radius 1 is 1.12 bits per heavy atom. The van der Waals surface area contributed by atoms with E-state index in [1.165, 1.54) is 14.0 Å². The number of methoxy groups -OCH3 is 1. The lowest BCUT2D eigenvalue weighted by Crippen LogP contribution is -2.20. The summed E-state index contributed by atoms with van der Waals surface area (Å²) in [7, 11) is 1.48. The standard InChI is InChI=1S/C18H18ClNO4/c1-11-8-14(19)5-6-15(11)20-18(22)10-24-16-7-4-13(12(2)21)9-17(16)23-3/h4-9H,10H2,1-3H3,(H,20,22). The predicted molar refractivity (Wildman–Crippen MR) is 93.3 cm³/mol. The first-order valence-electron chi connectivity index (χ1n) is 7.28. The van der Waals surface area contributed by atoms with E-state index in [4.69, 9.17) is 21.1 Å². The number of halogens is 1. The van der Waals surface area contributed by atoms with Crippen LogP contribution in [-0.2, 0) is 4.79 Å². The minimum Gasteiger partial charge on any atom is -0.493 e. The maximum absolute atomic E-state index is 12.0. The average molecular weight is 348 g/mol. The molecule has 0 aromatic heterocycles. The monoisotopic (exact) mass is 347 g/mol. The number of ether oxygens (including phenoxy) is 2. The number of amides is 1. The fraction of sp³-hybridized carbons (Fsp3) is 0.222. The van der Waals surface area contributed by atoms with E-state index in [9.17, 15) is 9.59 Å². The molecule has 0 saturated heterocycles. The number of benzene rings is 2. The zero-order valence-corrected chi connectivity index (χ0v) is 14.4. The van der Waals surface area contributed by atoms with E-state index in [0.29, 0.717) is 27.8 Å². The minimum absolute atomic E-state index is 0.0733. The minimum atomic E-state index is -0.307. The van der Waals surface area contributed by atoms with Gasteiger partial charge in [0.1, 0.15) is 0 Å². The molecular formula is C18H18ClNO4. The van der Waals surface area contributed by atoms with Crippen molar-refractivity contribution in [2.24, 2.45) is 0 Å². The van der Waals surface area contributed by atoms with Gasteiger partial charge < -0.3 is 14.8 Å². The summed E-state index contributed by atoms with van der Waals surface area (Å²) >= 11 is 5.89. The number of carbonyl (C=O) groups is 2. The fourth-order valence-electron chi connectivity index (χ4n) is 2.10. The summed E-state index contributed by atoms with van der Waals surface area (Å²) in [5.41, 5.74) is 2.05.